The zero-order valence-corrected chi connectivity index (χ0v) is 6.54. The molecule has 1 aliphatic rings. The van der Waals surface area contributed by atoms with Crippen molar-refractivity contribution >= 4 is 0 Å². The van der Waals surface area contributed by atoms with Crippen LogP contribution in [0.1, 0.15) is 17.1 Å². The van der Waals surface area contributed by atoms with Crippen LogP contribution < -0.4 is 5.32 Å². The van der Waals surface area contributed by atoms with E-state index in [1.807, 2.05) is 6.07 Å². The molecular formula is C8H8N4. The van der Waals surface area contributed by atoms with Gasteiger partial charge in [0.15, 0.2) is 0 Å². The minimum absolute atomic E-state index is 0.262. The van der Waals surface area contributed by atoms with Crippen molar-refractivity contribution in [3.8, 4) is 6.07 Å². The van der Waals surface area contributed by atoms with Crippen LogP contribution in [0, 0.1) is 11.3 Å². The van der Waals surface area contributed by atoms with Gasteiger partial charge in [-0.25, -0.2) is 9.97 Å². The Balaban J connectivity index is 2.44. The number of nitrogens with zero attached hydrogens (tertiary/aromatic N) is 3. The van der Waals surface area contributed by atoms with Crippen molar-refractivity contribution in [3.05, 3.63) is 23.3 Å². The number of fused-ring (bicyclic) bond motifs is 1. The van der Waals surface area contributed by atoms with Gasteiger partial charge in [-0.3, -0.25) is 0 Å². The van der Waals surface area contributed by atoms with Crippen LogP contribution in [0.15, 0.2) is 6.20 Å². The summed E-state index contributed by atoms with van der Waals surface area (Å²) < 4.78 is 0. The minimum Gasteiger partial charge on any atom is -0.311 e. The number of nitrogens with one attached hydrogen (secondary N) is 1. The Morgan fingerprint density at radius 3 is 3.33 bits per heavy atom. The summed E-state index contributed by atoms with van der Waals surface area (Å²) >= 11 is 0. The molecule has 0 saturated heterocycles. The van der Waals surface area contributed by atoms with Crippen molar-refractivity contribution < 1.29 is 0 Å². The summed E-state index contributed by atoms with van der Waals surface area (Å²) in [6, 6.07) is 1.93. The number of hydrogen-bond acceptors (Lipinski definition) is 4. The summed E-state index contributed by atoms with van der Waals surface area (Å²) in [5, 5.41) is 11.7. The van der Waals surface area contributed by atoms with Gasteiger partial charge in [0.1, 0.15) is 6.07 Å². The third-order valence-electron chi connectivity index (χ3n) is 1.92. The highest BCUT2D eigenvalue weighted by atomic mass is 14.9. The molecule has 1 N–H and O–H groups in total. The zero-order chi connectivity index (χ0) is 8.39. The predicted octanol–water partition coefficient (Wildman–Crippen LogP) is -0.00602. The van der Waals surface area contributed by atoms with E-state index in [2.05, 4.69) is 15.3 Å². The molecule has 1 aromatic rings. The van der Waals surface area contributed by atoms with Crippen molar-refractivity contribution in [2.75, 3.05) is 6.54 Å². The van der Waals surface area contributed by atoms with Crippen molar-refractivity contribution in [2.24, 2.45) is 0 Å². The number of aromatic nitrogens is 2. The lowest BCUT2D eigenvalue weighted by molar-refractivity contribution is 0.621. The molecule has 0 amide bonds. The fourth-order valence-corrected chi connectivity index (χ4v) is 1.29. The van der Waals surface area contributed by atoms with Crippen LogP contribution in [0.2, 0.25) is 0 Å². The maximum absolute atomic E-state index is 8.54. The Morgan fingerprint density at radius 1 is 1.58 bits per heavy atom. The standard InChI is InChI=1S/C8H8N4/c9-3-8-11-4-6-1-2-10-5-7(6)12-8/h4,10H,1-2,5H2. The molecule has 0 spiro atoms. The van der Waals surface area contributed by atoms with Gasteiger partial charge in [-0.05, 0) is 18.5 Å². The first-order chi connectivity index (χ1) is 5.90. The van der Waals surface area contributed by atoms with Gasteiger partial charge in [0.2, 0.25) is 5.82 Å². The van der Waals surface area contributed by atoms with E-state index in [0.717, 1.165) is 30.8 Å². The van der Waals surface area contributed by atoms with Gasteiger partial charge in [-0.15, -0.1) is 0 Å². The molecule has 1 aliphatic heterocycles. The predicted molar refractivity (Wildman–Crippen MR) is 42.2 cm³/mol. The first-order valence-corrected chi connectivity index (χ1v) is 3.86. The van der Waals surface area contributed by atoms with Gasteiger partial charge in [0.05, 0.1) is 5.69 Å². The van der Waals surface area contributed by atoms with Crippen LogP contribution in [0.5, 0.6) is 0 Å². The highest BCUT2D eigenvalue weighted by Gasteiger charge is 2.10. The van der Waals surface area contributed by atoms with E-state index in [1.54, 1.807) is 6.20 Å². The van der Waals surface area contributed by atoms with E-state index in [4.69, 9.17) is 5.26 Å². The molecule has 0 atom stereocenters. The number of nitriles is 1. The van der Waals surface area contributed by atoms with Crippen LogP contribution in [-0.4, -0.2) is 16.5 Å². The first-order valence-electron chi connectivity index (χ1n) is 3.86. The summed E-state index contributed by atoms with van der Waals surface area (Å²) in [5.74, 6) is 0.262. The summed E-state index contributed by atoms with van der Waals surface area (Å²) in [5.41, 5.74) is 2.13. The quantitative estimate of drug-likeness (QED) is 0.580. The second kappa shape index (κ2) is 2.88. The third-order valence-corrected chi connectivity index (χ3v) is 1.92. The fraction of sp³-hybridized carbons (Fsp3) is 0.375. The Morgan fingerprint density at radius 2 is 2.50 bits per heavy atom. The second-order valence-corrected chi connectivity index (χ2v) is 2.70. The van der Waals surface area contributed by atoms with Crippen molar-refractivity contribution in [1.29, 1.82) is 5.26 Å². The largest absolute Gasteiger partial charge is 0.311 e. The van der Waals surface area contributed by atoms with Crippen LogP contribution in [0.25, 0.3) is 0 Å². The summed E-state index contributed by atoms with van der Waals surface area (Å²) in [7, 11) is 0. The van der Waals surface area contributed by atoms with Gasteiger partial charge >= 0.3 is 0 Å². The minimum atomic E-state index is 0.262. The van der Waals surface area contributed by atoms with Gasteiger partial charge in [-0.1, -0.05) is 0 Å². The highest BCUT2D eigenvalue weighted by molar-refractivity contribution is 5.23. The maximum Gasteiger partial charge on any atom is 0.232 e. The molecule has 4 heteroatoms. The molecule has 0 bridgehead atoms. The lowest BCUT2D eigenvalue weighted by atomic mass is 10.1. The molecule has 60 valence electrons. The van der Waals surface area contributed by atoms with Crippen molar-refractivity contribution in [3.63, 3.8) is 0 Å². The van der Waals surface area contributed by atoms with E-state index in [-0.39, 0.29) is 5.82 Å². The molecule has 0 fully saturated rings. The van der Waals surface area contributed by atoms with E-state index in [1.165, 1.54) is 0 Å². The zero-order valence-electron chi connectivity index (χ0n) is 6.54. The second-order valence-electron chi connectivity index (χ2n) is 2.70. The Kier molecular flexibility index (Phi) is 1.72. The van der Waals surface area contributed by atoms with Crippen LogP contribution >= 0.6 is 0 Å². The molecule has 0 saturated carbocycles. The molecule has 4 nitrogen and oxygen atoms in total. The number of rotatable bonds is 0. The van der Waals surface area contributed by atoms with Crippen molar-refractivity contribution in [1.82, 2.24) is 15.3 Å². The molecule has 0 aliphatic carbocycles. The molecule has 1 aromatic heterocycles. The lowest BCUT2D eigenvalue weighted by Gasteiger charge is -2.14. The molecule has 0 radical (unpaired) electrons. The molecule has 0 aromatic carbocycles. The topological polar surface area (TPSA) is 61.6 Å². The SMILES string of the molecule is N#Cc1ncc2c(n1)CNCC2. The maximum atomic E-state index is 8.54. The summed E-state index contributed by atoms with van der Waals surface area (Å²) in [6.45, 7) is 1.73. The molecular weight excluding hydrogens is 152 g/mol. The third kappa shape index (κ3) is 1.15. The number of hydrogen-bond donors (Lipinski definition) is 1. The van der Waals surface area contributed by atoms with Crippen LogP contribution in [0.4, 0.5) is 0 Å². The molecule has 12 heavy (non-hydrogen) atoms. The Hall–Kier alpha value is -1.47. The monoisotopic (exact) mass is 160 g/mol. The van der Waals surface area contributed by atoms with Gasteiger partial charge < -0.3 is 5.32 Å². The van der Waals surface area contributed by atoms with Gasteiger partial charge in [-0.2, -0.15) is 5.26 Å². The van der Waals surface area contributed by atoms with E-state index < -0.39 is 0 Å². The fourth-order valence-electron chi connectivity index (χ4n) is 1.29. The van der Waals surface area contributed by atoms with E-state index in [9.17, 15) is 0 Å². The summed E-state index contributed by atoms with van der Waals surface area (Å²) in [4.78, 5) is 8.01. The average molecular weight is 160 g/mol. The summed E-state index contributed by atoms with van der Waals surface area (Å²) in [6.07, 6.45) is 2.71. The Labute approximate surface area is 70.3 Å². The molecule has 2 rings (SSSR count). The van der Waals surface area contributed by atoms with Crippen LogP contribution in [-0.2, 0) is 13.0 Å². The smallest absolute Gasteiger partial charge is 0.232 e. The normalized spacial score (nSPS) is 14.9. The molecule has 2 heterocycles. The van der Waals surface area contributed by atoms with Crippen LogP contribution in [0.3, 0.4) is 0 Å². The van der Waals surface area contributed by atoms with Crippen molar-refractivity contribution in [2.45, 2.75) is 13.0 Å². The van der Waals surface area contributed by atoms with Gasteiger partial charge in [0, 0.05) is 12.7 Å². The molecule has 0 unspecified atom stereocenters. The first kappa shape index (κ1) is 7.19. The van der Waals surface area contributed by atoms with E-state index >= 15 is 0 Å². The average Bonchev–Trinajstić information content (AvgIpc) is 2.17. The highest BCUT2D eigenvalue weighted by Crippen LogP contribution is 2.09. The van der Waals surface area contributed by atoms with E-state index in [0.29, 0.717) is 0 Å². The lowest BCUT2D eigenvalue weighted by Crippen LogP contribution is -2.25. The Bertz CT molecular complexity index is 339. The van der Waals surface area contributed by atoms with Gasteiger partial charge in [0.25, 0.3) is 0 Å².